The van der Waals surface area contributed by atoms with E-state index in [1.54, 1.807) is 0 Å². The van der Waals surface area contributed by atoms with E-state index in [-0.39, 0.29) is 5.56 Å². The molecular weight excluding hydrogens is 178 g/mol. The first-order chi connectivity index (χ1) is 6.84. The molecule has 14 heavy (non-hydrogen) atoms. The molecule has 80 valence electrons. The van der Waals surface area contributed by atoms with Crippen molar-refractivity contribution in [1.29, 1.82) is 0 Å². The highest BCUT2D eigenvalue weighted by Crippen LogP contribution is 2.05. The highest BCUT2D eigenvalue weighted by atomic mass is 16.5. The molecule has 0 N–H and O–H groups in total. The summed E-state index contributed by atoms with van der Waals surface area (Å²) in [7, 11) is 0. The normalized spacial score (nSPS) is 10.6. The summed E-state index contributed by atoms with van der Waals surface area (Å²) in [6, 6.07) is 1.46. The molecule has 0 saturated carbocycles. The fourth-order valence-electron chi connectivity index (χ4n) is 1.50. The monoisotopic (exact) mass is 197 g/mol. The summed E-state index contributed by atoms with van der Waals surface area (Å²) >= 11 is 0. The molecule has 0 unspecified atom stereocenters. The van der Waals surface area contributed by atoms with Crippen molar-refractivity contribution < 1.29 is 4.52 Å². The quantitative estimate of drug-likeness (QED) is 0.630. The third-order valence-corrected chi connectivity index (χ3v) is 2.36. The number of aryl methyl sites for hydroxylation is 1. The summed E-state index contributed by atoms with van der Waals surface area (Å²) < 4.78 is 6.41. The summed E-state index contributed by atoms with van der Waals surface area (Å²) in [5.74, 6) is 0. The van der Waals surface area contributed by atoms with Crippen LogP contribution in [0.5, 0.6) is 0 Å². The Morgan fingerprint density at radius 1 is 1.21 bits per heavy atom. The van der Waals surface area contributed by atoms with E-state index in [2.05, 4.69) is 6.92 Å². The molecule has 0 aliphatic heterocycles. The maximum absolute atomic E-state index is 11.1. The van der Waals surface area contributed by atoms with Crippen LogP contribution >= 0.6 is 0 Å². The minimum atomic E-state index is -0.0291. The smallest absolute Gasteiger partial charge is 0.282 e. The van der Waals surface area contributed by atoms with Gasteiger partial charge in [0.15, 0.2) is 0 Å². The van der Waals surface area contributed by atoms with E-state index in [9.17, 15) is 4.79 Å². The average molecular weight is 197 g/mol. The molecule has 1 aromatic heterocycles. The summed E-state index contributed by atoms with van der Waals surface area (Å²) in [6.07, 6.45) is 8.84. The zero-order chi connectivity index (χ0) is 10.2. The number of hydrogen-bond acceptors (Lipinski definition) is 2. The van der Waals surface area contributed by atoms with Gasteiger partial charge in [0.05, 0.1) is 6.54 Å². The van der Waals surface area contributed by atoms with Crippen LogP contribution in [0.2, 0.25) is 0 Å². The molecule has 0 spiro atoms. The van der Waals surface area contributed by atoms with Crippen LogP contribution in [0.25, 0.3) is 0 Å². The lowest BCUT2D eigenvalue weighted by Crippen LogP contribution is -2.13. The van der Waals surface area contributed by atoms with Crippen LogP contribution in [0.1, 0.15) is 45.4 Å². The molecule has 0 amide bonds. The predicted octanol–water partition coefficient (Wildman–Crippen LogP) is 2.80. The van der Waals surface area contributed by atoms with Crippen LogP contribution in [-0.4, -0.2) is 4.74 Å². The van der Waals surface area contributed by atoms with Gasteiger partial charge in [-0.2, -0.15) is 4.74 Å². The predicted molar refractivity (Wildman–Crippen MR) is 56.3 cm³/mol. The van der Waals surface area contributed by atoms with E-state index in [0.29, 0.717) is 0 Å². The molecule has 0 saturated heterocycles. The summed E-state index contributed by atoms with van der Waals surface area (Å²) in [5, 5.41) is 0. The Hall–Kier alpha value is -0.990. The summed E-state index contributed by atoms with van der Waals surface area (Å²) in [4.78, 5) is 11.1. The average Bonchev–Trinajstić information content (AvgIpc) is 2.58. The molecule has 0 bridgehead atoms. The van der Waals surface area contributed by atoms with E-state index >= 15 is 0 Å². The van der Waals surface area contributed by atoms with Crippen molar-refractivity contribution >= 4 is 0 Å². The highest BCUT2D eigenvalue weighted by Gasteiger charge is 1.97. The molecule has 1 aromatic rings. The molecule has 1 rings (SSSR count). The van der Waals surface area contributed by atoms with Crippen LogP contribution in [0.15, 0.2) is 21.6 Å². The maximum Gasteiger partial charge on any atom is 0.282 e. The van der Waals surface area contributed by atoms with Crippen molar-refractivity contribution in [2.45, 2.75) is 52.0 Å². The van der Waals surface area contributed by atoms with Gasteiger partial charge < -0.3 is 4.52 Å². The maximum atomic E-state index is 11.1. The fourth-order valence-corrected chi connectivity index (χ4v) is 1.50. The molecule has 3 heteroatoms. The van der Waals surface area contributed by atoms with Gasteiger partial charge in [0.25, 0.3) is 5.56 Å². The van der Waals surface area contributed by atoms with Gasteiger partial charge in [-0.05, 0) is 6.42 Å². The minimum Gasteiger partial charge on any atom is -0.384 e. The van der Waals surface area contributed by atoms with Crippen molar-refractivity contribution in [2.75, 3.05) is 0 Å². The van der Waals surface area contributed by atoms with Crippen molar-refractivity contribution in [3.63, 3.8) is 0 Å². The Labute approximate surface area is 84.7 Å². The van der Waals surface area contributed by atoms with E-state index in [4.69, 9.17) is 4.52 Å². The van der Waals surface area contributed by atoms with Crippen LogP contribution in [-0.2, 0) is 6.54 Å². The largest absolute Gasteiger partial charge is 0.384 e. The first kappa shape index (κ1) is 11.1. The van der Waals surface area contributed by atoms with E-state index in [1.165, 1.54) is 49.2 Å². The van der Waals surface area contributed by atoms with E-state index in [1.807, 2.05) is 0 Å². The van der Waals surface area contributed by atoms with Crippen molar-refractivity contribution in [3.05, 3.63) is 22.7 Å². The first-order valence-electron chi connectivity index (χ1n) is 5.49. The van der Waals surface area contributed by atoms with Crippen LogP contribution in [0.3, 0.4) is 0 Å². The lowest BCUT2D eigenvalue weighted by atomic mass is 10.1. The second-order valence-electron chi connectivity index (χ2n) is 3.62. The lowest BCUT2D eigenvalue weighted by molar-refractivity contribution is 0.253. The topological polar surface area (TPSA) is 35.1 Å². The molecule has 0 radical (unpaired) electrons. The Balaban J connectivity index is 2.05. The second kappa shape index (κ2) is 6.46. The van der Waals surface area contributed by atoms with Gasteiger partial charge in [-0.25, -0.2) is 0 Å². The van der Waals surface area contributed by atoms with Gasteiger partial charge in [0.1, 0.15) is 6.26 Å². The Morgan fingerprint density at radius 3 is 2.57 bits per heavy atom. The van der Waals surface area contributed by atoms with Gasteiger partial charge in [-0.1, -0.05) is 39.0 Å². The van der Waals surface area contributed by atoms with Gasteiger partial charge >= 0.3 is 0 Å². The zero-order valence-electron chi connectivity index (χ0n) is 8.87. The SMILES string of the molecule is CCCCCCCCn1occc1=O. The van der Waals surface area contributed by atoms with Crippen LogP contribution in [0.4, 0.5) is 0 Å². The number of nitrogens with zero attached hydrogens (tertiary/aromatic N) is 1. The second-order valence-corrected chi connectivity index (χ2v) is 3.62. The molecule has 0 aromatic carbocycles. The molecular formula is C11H19NO2. The summed E-state index contributed by atoms with van der Waals surface area (Å²) in [5.41, 5.74) is -0.0291. The van der Waals surface area contributed by atoms with Gasteiger partial charge in [0, 0.05) is 6.07 Å². The Kier molecular flexibility index (Phi) is 5.12. The lowest BCUT2D eigenvalue weighted by Gasteiger charge is -2.00. The van der Waals surface area contributed by atoms with Crippen molar-refractivity contribution in [1.82, 2.24) is 4.74 Å². The third kappa shape index (κ3) is 3.81. The molecule has 0 fully saturated rings. The Bertz CT molecular complexity index is 287. The van der Waals surface area contributed by atoms with Crippen molar-refractivity contribution in [3.8, 4) is 0 Å². The standard InChI is InChI=1S/C11H19NO2/c1-2-3-4-5-6-7-9-12-11(13)8-10-14-12/h8,10H,2-7,9H2,1H3. The molecule has 1 heterocycles. The van der Waals surface area contributed by atoms with Gasteiger partial charge in [0.2, 0.25) is 0 Å². The molecule has 3 nitrogen and oxygen atoms in total. The third-order valence-electron chi connectivity index (χ3n) is 2.36. The zero-order valence-corrected chi connectivity index (χ0v) is 8.87. The fraction of sp³-hybridized carbons (Fsp3) is 0.727. The van der Waals surface area contributed by atoms with Crippen LogP contribution in [0, 0.1) is 0 Å². The molecule has 0 atom stereocenters. The Morgan fingerprint density at radius 2 is 1.93 bits per heavy atom. The summed E-state index contributed by atoms with van der Waals surface area (Å²) in [6.45, 7) is 2.93. The number of rotatable bonds is 7. The van der Waals surface area contributed by atoms with Gasteiger partial charge in [-0.15, -0.1) is 0 Å². The van der Waals surface area contributed by atoms with E-state index in [0.717, 1.165) is 13.0 Å². The number of hydrogen-bond donors (Lipinski definition) is 0. The first-order valence-corrected chi connectivity index (χ1v) is 5.49. The number of aromatic nitrogens is 1. The van der Waals surface area contributed by atoms with Crippen molar-refractivity contribution in [2.24, 2.45) is 0 Å². The molecule has 0 aliphatic carbocycles. The van der Waals surface area contributed by atoms with E-state index < -0.39 is 0 Å². The minimum absolute atomic E-state index is 0.0291. The van der Waals surface area contributed by atoms with Crippen LogP contribution < -0.4 is 5.56 Å². The number of unbranched alkanes of at least 4 members (excludes halogenated alkanes) is 5. The molecule has 0 aliphatic rings. The highest BCUT2D eigenvalue weighted by molar-refractivity contribution is 4.75. The van der Waals surface area contributed by atoms with Gasteiger partial charge in [-0.3, -0.25) is 4.79 Å².